The van der Waals surface area contributed by atoms with Gasteiger partial charge in [-0.05, 0) is 13.3 Å². The normalized spacial score (nSPS) is 13.2. The van der Waals surface area contributed by atoms with Gasteiger partial charge in [-0.2, -0.15) is 5.10 Å². The summed E-state index contributed by atoms with van der Waals surface area (Å²) in [5, 5.41) is 3.95. The number of nitrogens with two attached hydrogens (primary N) is 1. The van der Waals surface area contributed by atoms with Crippen molar-refractivity contribution in [1.29, 1.82) is 0 Å². The highest BCUT2D eigenvalue weighted by atomic mass is 15.3. The van der Waals surface area contributed by atoms with Gasteiger partial charge in [0.05, 0.1) is 0 Å². The van der Waals surface area contributed by atoms with Gasteiger partial charge in [-0.1, -0.05) is 13.3 Å². The van der Waals surface area contributed by atoms with Gasteiger partial charge < -0.3 is 5.73 Å². The minimum absolute atomic E-state index is 0.639. The molecule has 0 heterocycles. The van der Waals surface area contributed by atoms with Crippen LogP contribution in [0.3, 0.4) is 0 Å². The van der Waals surface area contributed by atoms with E-state index < -0.39 is 0 Å². The van der Waals surface area contributed by atoms with E-state index in [1.807, 2.05) is 6.92 Å². The van der Waals surface area contributed by atoms with Crippen LogP contribution in [0, 0.1) is 0 Å². The molecule has 0 aromatic carbocycles. The molecule has 0 aromatic heterocycles. The summed E-state index contributed by atoms with van der Waals surface area (Å²) < 4.78 is 0. The molecule has 0 bridgehead atoms. The Morgan fingerprint density at radius 2 is 2.17 bits per heavy atom. The Hall–Kier alpha value is -1.06. The van der Waals surface area contributed by atoms with Crippen LogP contribution in [0.4, 0.5) is 0 Å². The molecule has 0 unspecified atom stereocenters. The Balaban J connectivity index is 3.68. The quantitative estimate of drug-likeness (QED) is 0.377. The summed E-state index contributed by atoms with van der Waals surface area (Å²) in [5.74, 6) is 1.41. The van der Waals surface area contributed by atoms with Gasteiger partial charge in [0.2, 0.25) is 0 Å². The van der Waals surface area contributed by atoms with Gasteiger partial charge in [-0.15, -0.1) is 0 Å². The first-order valence-electron chi connectivity index (χ1n) is 4.22. The highest BCUT2D eigenvalue weighted by Crippen LogP contribution is 1.92. The standard InChI is InChI=1S/C8H18N4/c1-4-5-6-8(9)12-11-7(2)10-3/h4-6H2,1-3H3,(H2,9,12)(H,10,11). The molecule has 0 fully saturated rings. The molecule has 0 saturated heterocycles. The first-order valence-corrected chi connectivity index (χ1v) is 4.22. The minimum Gasteiger partial charge on any atom is -0.386 e. The summed E-state index contributed by atoms with van der Waals surface area (Å²) in [6, 6.07) is 0. The number of hydrogen-bond donors (Lipinski definition) is 2. The molecule has 12 heavy (non-hydrogen) atoms. The van der Waals surface area contributed by atoms with Crippen LogP contribution in [0.15, 0.2) is 10.1 Å². The molecule has 0 saturated carbocycles. The van der Waals surface area contributed by atoms with Gasteiger partial charge >= 0.3 is 0 Å². The molecule has 0 aliphatic rings. The van der Waals surface area contributed by atoms with Crippen LogP contribution in [0.2, 0.25) is 0 Å². The van der Waals surface area contributed by atoms with Gasteiger partial charge in [0, 0.05) is 13.5 Å². The number of hydrogen-bond acceptors (Lipinski definition) is 2. The zero-order chi connectivity index (χ0) is 9.40. The molecule has 0 rings (SSSR count). The second kappa shape index (κ2) is 6.64. The zero-order valence-electron chi connectivity index (χ0n) is 8.09. The molecule has 0 atom stereocenters. The van der Waals surface area contributed by atoms with Crippen molar-refractivity contribution in [2.45, 2.75) is 33.1 Å². The van der Waals surface area contributed by atoms with E-state index >= 15 is 0 Å². The van der Waals surface area contributed by atoms with Crippen molar-refractivity contribution >= 4 is 11.7 Å². The first-order chi connectivity index (χ1) is 5.70. The molecule has 70 valence electrons. The fraction of sp³-hybridized carbons (Fsp3) is 0.750. The molecule has 0 radical (unpaired) electrons. The lowest BCUT2D eigenvalue weighted by Crippen LogP contribution is -2.21. The van der Waals surface area contributed by atoms with E-state index in [-0.39, 0.29) is 0 Å². The van der Waals surface area contributed by atoms with Crippen LogP contribution in [0.5, 0.6) is 0 Å². The van der Waals surface area contributed by atoms with Gasteiger partial charge in [0.1, 0.15) is 11.7 Å². The maximum Gasteiger partial charge on any atom is 0.120 e. The average molecular weight is 170 g/mol. The summed E-state index contributed by atoms with van der Waals surface area (Å²) in [5.41, 5.74) is 8.35. The Morgan fingerprint density at radius 3 is 2.67 bits per heavy atom. The maximum atomic E-state index is 5.60. The lowest BCUT2D eigenvalue weighted by atomic mass is 10.2. The smallest absolute Gasteiger partial charge is 0.120 e. The van der Waals surface area contributed by atoms with Crippen LogP contribution in [0.1, 0.15) is 33.1 Å². The van der Waals surface area contributed by atoms with E-state index in [9.17, 15) is 0 Å². The van der Waals surface area contributed by atoms with Crippen molar-refractivity contribution in [2.24, 2.45) is 15.8 Å². The Labute approximate surface area is 73.9 Å². The third-order valence-electron chi connectivity index (χ3n) is 1.48. The number of nitrogens with one attached hydrogen (secondary N) is 1. The molecule has 0 aliphatic heterocycles. The number of aliphatic imine (C=N–C) groups is 1. The molecule has 3 N–H and O–H groups in total. The molecule has 4 heteroatoms. The average Bonchev–Trinajstić information content (AvgIpc) is 2.10. The lowest BCUT2D eigenvalue weighted by Gasteiger charge is -2.00. The fourth-order valence-corrected chi connectivity index (χ4v) is 0.617. The van der Waals surface area contributed by atoms with Crippen molar-refractivity contribution in [3.63, 3.8) is 0 Å². The molecule has 0 aliphatic carbocycles. The predicted octanol–water partition coefficient (Wildman–Crippen LogP) is 1.09. The van der Waals surface area contributed by atoms with E-state index in [1.165, 1.54) is 0 Å². The van der Waals surface area contributed by atoms with E-state index in [0.29, 0.717) is 5.84 Å². The largest absolute Gasteiger partial charge is 0.386 e. The van der Waals surface area contributed by atoms with Gasteiger partial charge in [-0.3, -0.25) is 10.4 Å². The SMILES string of the molecule is CCCCC(N)=NNC(C)=NC. The molecule has 0 amide bonds. The highest BCUT2D eigenvalue weighted by Gasteiger charge is 1.91. The lowest BCUT2D eigenvalue weighted by molar-refractivity contribution is 0.822. The van der Waals surface area contributed by atoms with Crippen molar-refractivity contribution in [1.82, 2.24) is 5.43 Å². The van der Waals surface area contributed by atoms with Crippen molar-refractivity contribution in [3.05, 3.63) is 0 Å². The van der Waals surface area contributed by atoms with Crippen LogP contribution < -0.4 is 11.2 Å². The van der Waals surface area contributed by atoms with Crippen LogP contribution in [0.25, 0.3) is 0 Å². The Morgan fingerprint density at radius 1 is 1.50 bits per heavy atom. The number of rotatable bonds is 4. The van der Waals surface area contributed by atoms with Crippen molar-refractivity contribution < 1.29 is 0 Å². The number of amidine groups is 2. The Bertz CT molecular complexity index is 172. The summed E-state index contributed by atoms with van der Waals surface area (Å²) >= 11 is 0. The number of hydrazone groups is 1. The molecule has 0 aromatic rings. The third kappa shape index (κ3) is 5.70. The molecular formula is C8H18N4. The van der Waals surface area contributed by atoms with Crippen molar-refractivity contribution in [3.8, 4) is 0 Å². The number of unbranched alkanes of at least 4 members (excludes halogenated alkanes) is 1. The predicted molar refractivity (Wildman–Crippen MR) is 53.3 cm³/mol. The van der Waals surface area contributed by atoms with Gasteiger partial charge in [0.15, 0.2) is 0 Å². The Kier molecular flexibility index (Phi) is 6.05. The molecular weight excluding hydrogens is 152 g/mol. The van der Waals surface area contributed by atoms with Gasteiger partial charge in [0.25, 0.3) is 0 Å². The molecule has 4 nitrogen and oxygen atoms in total. The number of nitrogens with zero attached hydrogens (tertiary/aromatic N) is 2. The third-order valence-corrected chi connectivity index (χ3v) is 1.48. The second-order valence-electron chi connectivity index (χ2n) is 2.63. The minimum atomic E-state index is 0.639. The summed E-state index contributed by atoms with van der Waals surface area (Å²) in [4.78, 5) is 3.88. The highest BCUT2D eigenvalue weighted by molar-refractivity contribution is 5.84. The van der Waals surface area contributed by atoms with E-state index in [1.54, 1.807) is 7.05 Å². The van der Waals surface area contributed by atoms with Crippen molar-refractivity contribution in [2.75, 3.05) is 7.05 Å². The molecule has 0 spiro atoms. The summed E-state index contributed by atoms with van der Waals surface area (Å²) in [6.45, 7) is 3.97. The zero-order valence-corrected chi connectivity index (χ0v) is 8.09. The monoisotopic (exact) mass is 170 g/mol. The van der Waals surface area contributed by atoms with Crippen LogP contribution in [-0.2, 0) is 0 Å². The topological polar surface area (TPSA) is 62.8 Å². The van der Waals surface area contributed by atoms with E-state index in [0.717, 1.165) is 25.1 Å². The van der Waals surface area contributed by atoms with Crippen LogP contribution >= 0.6 is 0 Å². The second-order valence-corrected chi connectivity index (χ2v) is 2.63. The van der Waals surface area contributed by atoms with Gasteiger partial charge in [-0.25, -0.2) is 0 Å². The summed E-state index contributed by atoms with van der Waals surface area (Å²) in [7, 11) is 1.71. The van der Waals surface area contributed by atoms with Crippen LogP contribution in [-0.4, -0.2) is 18.7 Å². The van der Waals surface area contributed by atoms with E-state index in [4.69, 9.17) is 5.73 Å². The maximum absolute atomic E-state index is 5.60. The summed E-state index contributed by atoms with van der Waals surface area (Å²) in [6.07, 6.45) is 3.07. The fourth-order valence-electron chi connectivity index (χ4n) is 0.617. The van der Waals surface area contributed by atoms with E-state index in [2.05, 4.69) is 22.4 Å². The first kappa shape index (κ1) is 10.9.